The number of likely N-dealkylation sites (N-methyl/N-ethyl adjacent to an activating group) is 1. The number of anilines is 1. The van der Waals surface area contributed by atoms with Gasteiger partial charge < -0.3 is 20.9 Å². The molecule has 0 fully saturated rings. The van der Waals surface area contributed by atoms with Gasteiger partial charge in [0.2, 0.25) is 0 Å². The molecule has 0 heterocycles. The average molecular weight is 272 g/mol. The smallest absolute Gasteiger partial charge is 0.171 e. The summed E-state index contributed by atoms with van der Waals surface area (Å²) >= 11 is 6.06. The second-order valence-electron chi connectivity index (χ2n) is 4.82. The van der Waals surface area contributed by atoms with Crippen molar-refractivity contribution in [2.24, 2.45) is 10.9 Å². The summed E-state index contributed by atoms with van der Waals surface area (Å²) in [4.78, 5) is 1.88. The highest BCUT2D eigenvalue weighted by atomic mass is 35.5. The first-order chi connectivity index (χ1) is 8.24. The maximum Gasteiger partial charge on any atom is 0.171 e. The Kier molecular flexibility index (Phi) is 4.43. The summed E-state index contributed by atoms with van der Waals surface area (Å²) in [6.07, 6.45) is 0. The zero-order valence-electron chi connectivity index (χ0n) is 10.7. The first-order valence-corrected chi connectivity index (χ1v) is 5.83. The third kappa shape index (κ3) is 3.78. The van der Waals surface area contributed by atoms with Crippen molar-refractivity contribution in [2.75, 3.05) is 18.5 Å². The topological polar surface area (TPSA) is 82.1 Å². The van der Waals surface area contributed by atoms with E-state index in [0.29, 0.717) is 17.1 Å². The summed E-state index contributed by atoms with van der Waals surface area (Å²) in [5.74, 6) is -0.0308. The van der Waals surface area contributed by atoms with Crippen molar-refractivity contribution in [2.45, 2.75) is 19.4 Å². The molecule has 100 valence electrons. The standard InChI is InChI=1S/C12H18ClN3O2/c1-12(2,17)7-16(3)8-4-5-9(10(13)6-8)11(14)15-18/h4-6,17-18H,7H2,1-3H3,(H2,14,15). The number of benzene rings is 1. The van der Waals surface area contributed by atoms with Gasteiger partial charge in [-0.05, 0) is 32.0 Å². The van der Waals surface area contributed by atoms with E-state index in [4.69, 9.17) is 22.5 Å². The van der Waals surface area contributed by atoms with Crippen LogP contribution in [-0.4, -0.2) is 35.3 Å². The lowest BCUT2D eigenvalue weighted by Gasteiger charge is -2.27. The molecule has 4 N–H and O–H groups in total. The molecule has 0 spiro atoms. The van der Waals surface area contributed by atoms with Crippen LogP contribution in [0, 0.1) is 0 Å². The van der Waals surface area contributed by atoms with E-state index in [1.807, 2.05) is 11.9 Å². The van der Waals surface area contributed by atoms with E-state index < -0.39 is 5.60 Å². The average Bonchev–Trinajstić information content (AvgIpc) is 2.25. The normalized spacial score (nSPS) is 12.6. The Morgan fingerprint density at radius 3 is 2.56 bits per heavy atom. The Bertz CT molecular complexity index is 455. The molecule has 18 heavy (non-hydrogen) atoms. The summed E-state index contributed by atoms with van der Waals surface area (Å²) in [6, 6.07) is 5.18. The maximum absolute atomic E-state index is 9.75. The van der Waals surface area contributed by atoms with Crippen LogP contribution in [0.2, 0.25) is 5.02 Å². The van der Waals surface area contributed by atoms with Crippen molar-refractivity contribution < 1.29 is 10.3 Å². The fourth-order valence-corrected chi connectivity index (χ4v) is 1.95. The molecule has 0 aliphatic heterocycles. The molecule has 6 heteroatoms. The van der Waals surface area contributed by atoms with Crippen LogP contribution >= 0.6 is 11.6 Å². The largest absolute Gasteiger partial charge is 0.409 e. The molecule has 0 atom stereocenters. The molecular weight excluding hydrogens is 254 g/mol. The second-order valence-corrected chi connectivity index (χ2v) is 5.23. The minimum Gasteiger partial charge on any atom is -0.409 e. The zero-order valence-corrected chi connectivity index (χ0v) is 11.4. The lowest BCUT2D eigenvalue weighted by molar-refractivity contribution is 0.0886. The molecule has 0 radical (unpaired) electrons. The highest BCUT2D eigenvalue weighted by molar-refractivity contribution is 6.34. The van der Waals surface area contributed by atoms with E-state index >= 15 is 0 Å². The second kappa shape index (κ2) is 5.46. The van der Waals surface area contributed by atoms with Gasteiger partial charge in [0.1, 0.15) is 0 Å². The van der Waals surface area contributed by atoms with E-state index in [1.54, 1.807) is 32.0 Å². The number of rotatable bonds is 4. The Balaban J connectivity index is 2.98. The number of nitrogens with zero attached hydrogens (tertiary/aromatic N) is 2. The fraction of sp³-hybridized carbons (Fsp3) is 0.417. The van der Waals surface area contributed by atoms with Gasteiger partial charge in [0.15, 0.2) is 5.84 Å². The number of amidine groups is 1. The van der Waals surface area contributed by atoms with Gasteiger partial charge >= 0.3 is 0 Å². The fourth-order valence-electron chi connectivity index (χ4n) is 1.67. The zero-order chi connectivity index (χ0) is 13.9. The summed E-state index contributed by atoms with van der Waals surface area (Å²) in [5.41, 5.74) is 6.00. The van der Waals surface area contributed by atoms with Crippen molar-refractivity contribution in [3.8, 4) is 0 Å². The van der Waals surface area contributed by atoms with Crippen LogP contribution in [-0.2, 0) is 0 Å². The minimum atomic E-state index is -0.800. The van der Waals surface area contributed by atoms with Crippen LogP contribution in [0.15, 0.2) is 23.4 Å². The van der Waals surface area contributed by atoms with Crippen molar-refractivity contribution in [1.82, 2.24) is 0 Å². The number of oxime groups is 1. The number of nitrogens with two attached hydrogens (primary N) is 1. The molecule has 1 aromatic rings. The quantitative estimate of drug-likeness (QED) is 0.337. The van der Waals surface area contributed by atoms with E-state index in [0.717, 1.165) is 5.69 Å². The molecule has 0 aromatic heterocycles. The van der Waals surface area contributed by atoms with Gasteiger partial charge in [0.25, 0.3) is 0 Å². The van der Waals surface area contributed by atoms with Gasteiger partial charge in [-0.1, -0.05) is 16.8 Å². The van der Waals surface area contributed by atoms with E-state index in [9.17, 15) is 5.11 Å². The van der Waals surface area contributed by atoms with E-state index in [1.165, 1.54) is 0 Å². The third-order valence-electron chi connectivity index (χ3n) is 2.40. The number of aliphatic hydroxyl groups is 1. The number of hydrogen-bond donors (Lipinski definition) is 3. The molecule has 0 bridgehead atoms. The van der Waals surface area contributed by atoms with Gasteiger partial charge in [-0.25, -0.2) is 0 Å². The van der Waals surface area contributed by atoms with Crippen molar-refractivity contribution >= 4 is 23.1 Å². The summed E-state index contributed by atoms with van der Waals surface area (Å²) < 4.78 is 0. The molecule has 5 nitrogen and oxygen atoms in total. The van der Waals surface area contributed by atoms with E-state index in [2.05, 4.69) is 5.16 Å². The Hall–Kier alpha value is -1.46. The molecule has 0 amide bonds. The highest BCUT2D eigenvalue weighted by Crippen LogP contribution is 2.24. The number of hydrogen-bond acceptors (Lipinski definition) is 4. The van der Waals surface area contributed by atoms with Crippen LogP contribution in [0.5, 0.6) is 0 Å². The first kappa shape index (κ1) is 14.6. The SMILES string of the molecule is CN(CC(C)(C)O)c1ccc(C(N)=NO)c(Cl)c1. The van der Waals surface area contributed by atoms with Gasteiger partial charge in [-0.3, -0.25) is 0 Å². The van der Waals surface area contributed by atoms with Crippen LogP contribution in [0.3, 0.4) is 0 Å². The van der Waals surface area contributed by atoms with Crippen molar-refractivity contribution in [1.29, 1.82) is 0 Å². The Morgan fingerprint density at radius 1 is 1.50 bits per heavy atom. The van der Waals surface area contributed by atoms with Crippen LogP contribution in [0.1, 0.15) is 19.4 Å². The Labute approximate surface area is 111 Å². The predicted octanol–water partition coefficient (Wildman–Crippen LogP) is 1.64. The summed E-state index contributed by atoms with van der Waals surface area (Å²) in [7, 11) is 1.85. The van der Waals surface area contributed by atoms with Gasteiger partial charge in [0.05, 0.1) is 10.6 Å². The van der Waals surface area contributed by atoms with Gasteiger partial charge in [0, 0.05) is 24.8 Å². The first-order valence-electron chi connectivity index (χ1n) is 5.45. The molecular formula is C12H18ClN3O2. The lowest BCUT2D eigenvalue weighted by Crippen LogP contribution is -2.36. The number of halogens is 1. The van der Waals surface area contributed by atoms with Crippen LogP contribution in [0.25, 0.3) is 0 Å². The van der Waals surface area contributed by atoms with Gasteiger partial charge in [-0.15, -0.1) is 0 Å². The summed E-state index contributed by atoms with van der Waals surface area (Å²) in [6.45, 7) is 3.93. The molecule has 0 saturated heterocycles. The van der Waals surface area contributed by atoms with Crippen molar-refractivity contribution in [3.05, 3.63) is 28.8 Å². The minimum absolute atomic E-state index is 0.0308. The van der Waals surface area contributed by atoms with E-state index in [-0.39, 0.29) is 5.84 Å². The maximum atomic E-state index is 9.75. The molecule has 0 unspecified atom stereocenters. The molecule has 0 aliphatic rings. The van der Waals surface area contributed by atoms with Crippen LogP contribution in [0.4, 0.5) is 5.69 Å². The monoisotopic (exact) mass is 271 g/mol. The third-order valence-corrected chi connectivity index (χ3v) is 2.71. The van der Waals surface area contributed by atoms with Crippen molar-refractivity contribution in [3.63, 3.8) is 0 Å². The molecule has 0 saturated carbocycles. The predicted molar refractivity (Wildman–Crippen MR) is 73.5 cm³/mol. The summed E-state index contributed by atoms with van der Waals surface area (Å²) in [5, 5.41) is 21.7. The Morgan fingerprint density at radius 2 is 2.11 bits per heavy atom. The van der Waals surface area contributed by atoms with Gasteiger partial charge in [-0.2, -0.15) is 0 Å². The lowest BCUT2D eigenvalue weighted by atomic mass is 10.1. The molecule has 0 aliphatic carbocycles. The van der Waals surface area contributed by atoms with Crippen LogP contribution < -0.4 is 10.6 Å². The molecule has 1 aromatic carbocycles. The molecule has 1 rings (SSSR count). The highest BCUT2D eigenvalue weighted by Gasteiger charge is 2.17.